The third kappa shape index (κ3) is 3.14. The molecule has 0 radical (unpaired) electrons. The van der Waals surface area contributed by atoms with Gasteiger partial charge in [-0.15, -0.1) is 0 Å². The van der Waals surface area contributed by atoms with Crippen molar-refractivity contribution in [3.05, 3.63) is 77.2 Å². The number of fused-ring (bicyclic) bond motifs is 1. The molecule has 0 amide bonds. The van der Waals surface area contributed by atoms with Crippen molar-refractivity contribution in [1.82, 2.24) is 9.55 Å². The molecule has 0 bridgehead atoms. The van der Waals surface area contributed by atoms with Gasteiger partial charge in [-0.3, -0.25) is 0 Å². The van der Waals surface area contributed by atoms with Gasteiger partial charge in [-0.25, -0.2) is 9.78 Å². The van der Waals surface area contributed by atoms with Crippen molar-refractivity contribution >= 4 is 40.2 Å². The van der Waals surface area contributed by atoms with Crippen LogP contribution in [0.25, 0.3) is 11.0 Å². The van der Waals surface area contributed by atoms with Gasteiger partial charge in [0.15, 0.2) is 0 Å². The molecule has 0 unspecified atom stereocenters. The highest BCUT2D eigenvalue weighted by Gasteiger charge is 2.15. The van der Waals surface area contributed by atoms with E-state index in [0.29, 0.717) is 23.0 Å². The van der Waals surface area contributed by atoms with Crippen LogP contribution in [0.5, 0.6) is 0 Å². The summed E-state index contributed by atoms with van der Waals surface area (Å²) in [6.45, 7) is 0.464. The second-order valence-corrected chi connectivity index (χ2v) is 6.18. The van der Waals surface area contributed by atoms with Crippen LogP contribution in [0.1, 0.15) is 16.1 Å². The lowest BCUT2D eigenvalue weighted by Crippen LogP contribution is -2.04. The van der Waals surface area contributed by atoms with Crippen molar-refractivity contribution in [2.24, 2.45) is 0 Å². The third-order valence-electron chi connectivity index (χ3n) is 3.99. The highest BCUT2D eigenvalue weighted by Crippen LogP contribution is 2.26. The van der Waals surface area contributed by atoms with E-state index in [-0.39, 0.29) is 5.56 Å². The molecule has 0 aliphatic heterocycles. The molecule has 26 heavy (non-hydrogen) atoms. The minimum Gasteiger partial charge on any atom is -0.478 e. The van der Waals surface area contributed by atoms with Crippen LogP contribution in [-0.2, 0) is 6.54 Å². The Labute approximate surface area is 153 Å². The summed E-state index contributed by atoms with van der Waals surface area (Å²) in [6.07, 6.45) is 1.61. The molecule has 4 aromatic rings. The first-order chi connectivity index (χ1) is 12.6. The van der Waals surface area contributed by atoms with Crippen molar-refractivity contribution in [3.8, 4) is 0 Å². The third-order valence-corrected chi connectivity index (χ3v) is 4.24. The standard InChI is InChI=1S/C19H14ClN3O3/c20-13-4-6-14(7-5-13)21-19-22-16-10-12(18(24)25)3-8-17(16)23(19)11-15-2-1-9-26-15/h1-10H,11H2,(H,21,22)(H,24,25). The van der Waals surface area contributed by atoms with Crippen LogP contribution in [0.4, 0.5) is 11.6 Å². The van der Waals surface area contributed by atoms with E-state index in [1.807, 2.05) is 28.8 Å². The summed E-state index contributed by atoms with van der Waals surface area (Å²) in [5, 5.41) is 13.1. The molecular formula is C19H14ClN3O3. The number of nitrogens with zero attached hydrogens (tertiary/aromatic N) is 2. The molecule has 0 spiro atoms. The molecule has 4 rings (SSSR count). The largest absolute Gasteiger partial charge is 0.478 e. The maximum Gasteiger partial charge on any atom is 0.335 e. The van der Waals surface area contributed by atoms with Crippen LogP contribution in [0.3, 0.4) is 0 Å². The normalized spacial score (nSPS) is 11.0. The van der Waals surface area contributed by atoms with Crippen LogP contribution in [-0.4, -0.2) is 20.6 Å². The van der Waals surface area contributed by atoms with E-state index in [2.05, 4.69) is 10.3 Å². The topological polar surface area (TPSA) is 80.3 Å². The molecule has 130 valence electrons. The number of hydrogen-bond acceptors (Lipinski definition) is 4. The van der Waals surface area contributed by atoms with E-state index in [4.69, 9.17) is 16.0 Å². The summed E-state index contributed by atoms with van der Waals surface area (Å²) in [4.78, 5) is 15.8. The summed E-state index contributed by atoms with van der Waals surface area (Å²) in [5.74, 6) is 0.367. The Hall–Kier alpha value is -3.25. The summed E-state index contributed by atoms with van der Waals surface area (Å²) >= 11 is 5.94. The lowest BCUT2D eigenvalue weighted by Gasteiger charge is -2.10. The second kappa shape index (κ2) is 6.57. The fourth-order valence-corrected chi connectivity index (χ4v) is 2.86. The monoisotopic (exact) mass is 367 g/mol. The summed E-state index contributed by atoms with van der Waals surface area (Å²) < 4.78 is 7.39. The van der Waals surface area contributed by atoms with Crippen LogP contribution in [0, 0.1) is 0 Å². The number of anilines is 2. The molecule has 0 saturated heterocycles. The van der Waals surface area contributed by atoms with Crippen molar-refractivity contribution in [2.75, 3.05) is 5.32 Å². The summed E-state index contributed by atoms with van der Waals surface area (Å²) in [6, 6.07) is 15.8. The van der Waals surface area contributed by atoms with Crippen LogP contribution in [0.15, 0.2) is 65.3 Å². The quantitative estimate of drug-likeness (QED) is 0.531. The Morgan fingerprint density at radius 3 is 2.69 bits per heavy atom. The van der Waals surface area contributed by atoms with Crippen molar-refractivity contribution in [3.63, 3.8) is 0 Å². The molecule has 0 aliphatic rings. The number of nitrogens with one attached hydrogen (secondary N) is 1. The number of rotatable bonds is 5. The molecule has 6 nitrogen and oxygen atoms in total. The van der Waals surface area contributed by atoms with Gasteiger partial charge in [0.05, 0.1) is 29.4 Å². The van der Waals surface area contributed by atoms with Crippen molar-refractivity contribution in [1.29, 1.82) is 0 Å². The van der Waals surface area contributed by atoms with Crippen molar-refractivity contribution in [2.45, 2.75) is 6.54 Å². The Morgan fingerprint density at radius 2 is 2.00 bits per heavy atom. The molecule has 7 heteroatoms. The highest BCUT2D eigenvalue weighted by atomic mass is 35.5. The fraction of sp³-hybridized carbons (Fsp3) is 0.0526. The second-order valence-electron chi connectivity index (χ2n) is 5.74. The van der Waals surface area contributed by atoms with Crippen LogP contribution >= 0.6 is 11.6 Å². The molecule has 2 N–H and O–H groups in total. The lowest BCUT2D eigenvalue weighted by atomic mass is 10.2. The maximum absolute atomic E-state index is 11.2. The van der Waals surface area contributed by atoms with Crippen molar-refractivity contribution < 1.29 is 14.3 Å². The van der Waals surface area contributed by atoms with Gasteiger partial charge >= 0.3 is 5.97 Å². The maximum atomic E-state index is 11.2. The summed E-state index contributed by atoms with van der Waals surface area (Å²) in [5.41, 5.74) is 2.41. The molecule has 2 heterocycles. The predicted molar refractivity (Wildman–Crippen MR) is 99.2 cm³/mol. The molecular weight excluding hydrogens is 354 g/mol. The Balaban J connectivity index is 1.80. The van der Waals surface area contributed by atoms with Gasteiger partial charge in [-0.1, -0.05) is 11.6 Å². The number of carboxylic acids is 1. The minimum absolute atomic E-state index is 0.193. The van der Waals surface area contributed by atoms with E-state index < -0.39 is 5.97 Å². The van der Waals surface area contributed by atoms with Gasteiger partial charge in [-0.2, -0.15) is 0 Å². The zero-order valence-electron chi connectivity index (χ0n) is 13.5. The first kappa shape index (κ1) is 16.2. The fourth-order valence-electron chi connectivity index (χ4n) is 2.74. The van der Waals surface area contributed by atoms with Crippen LogP contribution < -0.4 is 5.32 Å². The Bertz CT molecular complexity index is 1070. The van der Waals surface area contributed by atoms with E-state index in [9.17, 15) is 9.90 Å². The smallest absolute Gasteiger partial charge is 0.335 e. The number of aromatic nitrogens is 2. The highest BCUT2D eigenvalue weighted by molar-refractivity contribution is 6.30. The van der Waals surface area contributed by atoms with Gasteiger partial charge < -0.3 is 19.4 Å². The molecule has 0 fully saturated rings. The van der Waals surface area contributed by atoms with E-state index >= 15 is 0 Å². The SMILES string of the molecule is O=C(O)c1ccc2c(c1)nc(Nc1ccc(Cl)cc1)n2Cc1ccco1. The number of furan rings is 1. The molecule has 2 aromatic carbocycles. The predicted octanol–water partition coefficient (Wildman–Crippen LogP) is 4.77. The minimum atomic E-state index is -0.986. The first-order valence-electron chi connectivity index (χ1n) is 7.89. The Morgan fingerprint density at radius 1 is 1.19 bits per heavy atom. The van der Waals surface area contributed by atoms with E-state index in [1.54, 1.807) is 36.6 Å². The lowest BCUT2D eigenvalue weighted by molar-refractivity contribution is 0.0697. The zero-order chi connectivity index (χ0) is 18.1. The van der Waals surface area contributed by atoms with Gasteiger partial charge in [0.1, 0.15) is 5.76 Å². The number of benzene rings is 2. The Kier molecular flexibility index (Phi) is 4.10. The number of halogens is 1. The number of imidazole rings is 1. The average molecular weight is 368 g/mol. The molecule has 0 atom stereocenters. The van der Waals surface area contributed by atoms with E-state index in [1.165, 1.54) is 0 Å². The molecule has 0 aliphatic carbocycles. The average Bonchev–Trinajstić information content (AvgIpc) is 3.25. The number of aromatic carboxylic acids is 1. The molecule has 0 saturated carbocycles. The number of hydrogen-bond donors (Lipinski definition) is 2. The molecule has 2 aromatic heterocycles. The first-order valence-corrected chi connectivity index (χ1v) is 8.26. The van der Waals surface area contributed by atoms with Crippen LogP contribution in [0.2, 0.25) is 5.02 Å². The van der Waals surface area contributed by atoms with Gasteiger partial charge in [0.2, 0.25) is 5.95 Å². The summed E-state index contributed by atoms with van der Waals surface area (Å²) in [7, 11) is 0. The van der Waals surface area contributed by atoms with Gasteiger partial charge in [0, 0.05) is 10.7 Å². The van der Waals surface area contributed by atoms with Gasteiger partial charge in [-0.05, 0) is 54.6 Å². The van der Waals surface area contributed by atoms with Gasteiger partial charge in [0.25, 0.3) is 0 Å². The zero-order valence-corrected chi connectivity index (χ0v) is 14.3. The number of carboxylic acid groups (broad SMARTS) is 1. The number of carbonyl (C=O) groups is 1. The van der Waals surface area contributed by atoms with E-state index in [0.717, 1.165) is 17.0 Å².